The van der Waals surface area contributed by atoms with Crippen LogP contribution in [0.25, 0.3) is 0 Å². The summed E-state index contributed by atoms with van der Waals surface area (Å²) < 4.78 is 2.37. The minimum atomic E-state index is -0.751. The number of aryl methyl sites for hydroxylation is 1. The van der Waals surface area contributed by atoms with Gasteiger partial charge in [-0.15, -0.1) is 17.2 Å². The first-order chi connectivity index (χ1) is 14.6. The standard InChI is InChI=1S/C18H25ClN6O4S2/c1-12-10-13(19)6-7-14(12)20-11-23(3)17(27)24(4)31-25(5)18(28)29-21-15-16(26)22(2)8-9-30-15/h6-7,10-11,15,21H,8-9H2,1-5H3. The van der Waals surface area contributed by atoms with Crippen LogP contribution in [0.3, 0.4) is 0 Å². The van der Waals surface area contributed by atoms with Gasteiger partial charge in [0.05, 0.1) is 24.2 Å². The molecular formula is C18H25ClN6O4S2. The first-order valence-electron chi connectivity index (χ1n) is 9.15. The van der Waals surface area contributed by atoms with Gasteiger partial charge < -0.3 is 9.74 Å². The molecular weight excluding hydrogens is 464 g/mol. The van der Waals surface area contributed by atoms with Gasteiger partial charge in [-0.25, -0.2) is 18.9 Å². The van der Waals surface area contributed by atoms with Crippen LogP contribution in [-0.2, 0) is 9.63 Å². The molecule has 1 atom stereocenters. The van der Waals surface area contributed by atoms with Gasteiger partial charge in [-0.3, -0.25) is 14.0 Å². The van der Waals surface area contributed by atoms with Crippen molar-refractivity contribution >= 4 is 65.6 Å². The Bertz CT molecular complexity index is 858. The van der Waals surface area contributed by atoms with Crippen LogP contribution in [0.1, 0.15) is 5.56 Å². The molecule has 1 aromatic carbocycles. The molecule has 1 N–H and O–H groups in total. The van der Waals surface area contributed by atoms with Crippen molar-refractivity contribution < 1.29 is 19.2 Å². The second-order valence-electron chi connectivity index (χ2n) is 6.64. The van der Waals surface area contributed by atoms with E-state index in [4.69, 9.17) is 16.4 Å². The van der Waals surface area contributed by atoms with Crippen molar-refractivity contribution in [2.75, 3.05) is 40.5 Å². The Labute approximate surface area is 195 Å². The molecule has 2 rings (SSSR count). The Morgan fingerprint density at radius 2 is 2.06 bits per heavy atom. The van der Waals surface area contributed by atoms with E-state index in [1.807, 2.05) is 6.92 Å². The van der Waals surface area contributed by atoms with E-state index < -0.39 is 17.5 Å². The number of rotatable bonds is 6. The van der Waals surface area contributed by atoms with Crippen LogP contribution in [-0.4, -0.2) is 88.6 Å². The molecule has 1 aromatic rings. The molecule has 1 unspecified atom stereocenters. The predicted molar refractivity (Wildman–Crippen MR) is 124 cm³/mol. The van der Waals surface area contributed by atoms with Crippen molar-refractivity contribution in [2.24, 2.45) is 4.99 Å². The maximum absolute atomic E-state index is 12.5. The normalized spacial score (nSPS) is 16.4. The van der Waals surface area contributed by atoms with Gasteiger partial charge in [-0.05, 0) is 30.7 Å². The van der Waals surface area contributed by atoms with Gasteiger partial charge >= 0.3 is 12.1 Å². The number of halogens is 1. The quantitative estimate of drug-likeness (QED) is 0.284. The molecule has 1 fully saturated rings. The lowest BCUT2D eigenvalue weighted by Crippen LogP contribution is -2.49. The van der Waals surface area contributed by atoms with E-state index in [0.717, 1.165) is 27.8 Å². The molecule has 170 valence electrons. The molecule has 0 spiro atoms. The Kier molecular flexibility index (Phi) is 9.29. The zero-order chi connectivity index (χ0) is 23.1. The lowest BCUT2D eigenvalue weighted by molar-refractivity contribution is -0.132. The summed E-state index contributed by atoms with van der Waals surface area (Å²) in [7, 11) is 6.20. The molecule has 0 aromatic heterocycles. The minimum absolute atomic E-state index is 0.163. The maximum Gasteiger partial charge on any atom is 0.439 e. The molecule has 0 aliphatic carbocycles. The van der Waals surface area contributed by atoms with Crippen LogP contribution < -0.4 is 5.48 Å². The molecule has 1 heterocycles. The zero-order valence-corrected chi connectivity index (χ0v) is 20.3. The van der Waals surface area contributed by atoms with E-state index in [9.17, 15) is 14.4 Å². The highest BCUT2D eigenvalue weighted by Crippen LogP contribution is 2.22. The molecule has 4 amide bonds. The van der Waals surface area contributed by atoms with E-state index >= 15 is 0 Å². The lowest BCUT2D eigenvalue weighted by atomic mass is 10.2. The number of hydrogen-bond donors (Lipinski definition) is 1. The maximum atomic E-state index is 12.5. The number of hydrogen-bond acceptors (Lipinski definition) is 8. The molecule has 10 nitrogen and oxygen atoms in total. The van der Waals surface area contributed by atoms with Crippen molar-refractivity contribution in [3.05, 3.63) is 28.8 Å². The SMILES string of the molecule is Cc1cc(Cl)ccc1N=CN(C)C(=O)N(C)SN(C)C(=O)ONC1SCCN(C)C1=O. The van der Waals surface area contributed by atoms with Crippen LogP contribution >= 0.6 is 35.5 Å². The molecule has 1 aliphatic rings. The second kappa shape index (κ2) is 11.5. The van der Waals surface area contributed by atoms with Gasteiger partial charge in [0.15, 0.2) is 5.37 Å². The Balaban J connectivity index is 1.84. The van der Waals surface area contributed by atoms with Gasteiger partial charge in [0.2, 0.25) is 0 Å². The van der Waals surface area contributed by atoms with Crippen molar-refractivity contribution in [3.8, 4) is 0 Å². The number of aliphatic imine (C=N–C) groups is 1. The summed E-state index contributed by atoms with van der Waals surface area (Å²) >= 11 is 8.13. The summed E-state index contributed by atoms with van der Waals surface area (Å²) in [5, 5.41) is -0.0426. The number of carbonyl (C=O) groups excluding carboxylic acids is 3. The highest BCUT2D eigenvalue weighted by Gasteiger charge is 2.29. The fourth-order valence-electron chi connectivity index (χ4n) is 2.38. The summed E-state index contributed by atoms with van der Waals surface area (Å²) in [6.07, 6.45) is 0.636. The number of nitrogens with zero attached hydrogens (tertiary/aromatic N) is 5. The third-order valence-corrected chi connectivity index (χ3v) is 6.25. The van der Waals surface area contributed by atoms with Gasteiger partial charge in [-0.2, -0.15) is 0 Å². The third-order valence-electron chi connectivity index (χ3n) is 4.17. The van der Waals surface area contributed by atoms with E-state index in [0.29, 0.717) is 17.3 Å². The van der Waals surface area contributed by atoms with Gasteiger partial charge in [0.25, 0.3) is 5.91 Å². The number of likely N-dealkylation sites (N-methyl/N-ethyl adjacent to an activating group) is 1. The highest BCUT2D eigenvalue weighted by atomic mass is 35.5. The third kappa shape index (κ3) is 7.20. The average Bonchev–Trinajstić information content (AvgIpc) is 2.73. The first-order valence-corrected chi connectivity index (χ1v) is 11.3. The summed E-state index contributed by atoms with van der Waals surface area (Å²) in [6, 6.07) is 4.85. The Morgan fingerprint density at radius 3 is 2.74 bits per heavy atom. The number of hydroxylamine groups is 1. The van der Waals surface area contributed by atoms with Crippen LogP contribution in [0, 0.1) is 6.92 Å². The Morgan fingerprint density at radius 1 is 1.35 bits per heavy atom. The number of thioether (sulfide) groups is 1. The fraction of sp³-hybridized carbons (Fsp3) is 0.444. The first kappa shape index (κ1) is 25.1. The molecule has 13 heteroatoms. The number of amides is 4. The Hall–Kier alpha value is -2.15. The number of benzene rings is 1. The topological polar surface area (TPSA) is 97.8 Å². The van der Waals surface area contributed by atoms with Crippen molar-refractivity contribution in [1.82, 2.24) is 23.9 Å². The number of urea groups is 1. The van der Waals surface area contributed by atoms with Gasteiger partial charge in [0.1, 0.15) is 0 Å². The molecule has 1 aliphatic heterocycles. The van der Waals surface area contributed by atoms with Crippen LogP contribution in [0.4, 0.5) is 15.3 Å². The van der Waals surface area contributed by atoms with Crippen molar-refractivity contribution in [3.63, 3.8) is 0 Å². The summed E-state index contributed by atoms with van der Waals surface area (Å²) in [5.74, 6) is 0.575. The molecule has 31 heavy (non-hydrogen) atoms. The molecule has 0 radical (unpaired) electrons. The van der Waals surface area contributed by atoms with Crippen molar-refractivity contribution in [2.45, 2.75) is 12.3 Å². The largest absolute Gasteiger partial charge is 0.439 e. The summed E-state index contributed by atoms with van der Waals surface area (Å²) in [5.41, 5.74) is 4.04. The number of nitrogens with one attached hydrogen (secondary N) is 1. The summed E-state index contributed by atoms with van der Waals surface area (Å²) in [6.45, 7) is 2.51. The van der Waals surface area contributed by atoms with Gasteiger partial charge in [-0.1, -0.05) is 11.6 Å². The molecule has 0 saturated carbocycles. The smallest absolute Gasteiger partial charge is 0.351 e. The van der Waals surface area contributed by atoms with Crippen LogP contribution in [0.5, 0.6) is 0 Å². The van der Waals surface area contributed by atoms with Gasteiger partial charge in [0, 0.05) is 45.5 Å². The van der Waals surface area contributed by atoms with E-state index in [1.165, 1.54) is 41.4 Å². The van der Waals surface area contributed by atoms with E-state index in [-0.39, 0.29) is 5.91 Å². The monoisotopic (exact) mass is 488 g/mol. The van der Waals surface area contributed by atoms with E-state index in [1.54, 1.807) is 37.2 Å². The average molecular weight is 489 g/mol. The zero-order valence-electron chi connectivity index (χ0n) is 17.9. The fourth-order valence-corrected chi connectivity index (χ4v) is 4.33. The molecule has 0 bridgehead atoms. The highest BCUT2D eigenvalue weighted by molar-refractivity contribution is 8.00. The lowest BCUT2D eigenvalue weighted by Gasteiger charge is -2.29. The van der Waals surface area contributed by atoms with Crippen molar-refractivity contribution in [1.29, 1.82) is 0 Å². The van der Waals surface area contributed by atoms with Crippen LogP contribution in [0.15, 0.2) is 23.2 Å². The minimum Gasteiger partial charge on any atom is -0.351 e. The van der Waals surface area contributed by atoms with Crippen LogP contribution in [0.2, 0.25) is 5.02 Å². The molecule has 1 saturated heterocycles. The second-order valence-corrected chi connectivity index (χ2v) is 9.55. The number of carbonyl (C=O) groups is 3. The predicted octanol–water partition coefficient (Wildman–Crippen LogP) is 2.96. The van der Waals surface area contributed by atoms with E-state index in [2.05, 4.69) is 10.5 Å². The summed E-state index contributed by atoms with van der Waals surface area (Å²) in [4.78, 5) is 48.8.